The minimum Gasteiger partial charge on any atom is -0.376 e. The molecule has 0 radical (unpaired) electrons. The normalized spacial score (nSPS) is 15.6. The highest BCUT2D eigenvalue weighted by Crippen LogP contribution is 2.16. The minimum atomic E-state index is -0.563. The van der Waals surface area contributed by atoms with Crippen molar-refractivity contribution in [1.82, 2.24) is 4.90 Å². The Morgan fingerprint density at radius 3 is 2.38 bits per heavy atom. The lowest BCUT2D eigenvalue weighted by atomic mass is 10.1. The van der Waals surface area contributed by atoms with Gasteiger partial charge < -0.3 is 5.11 Å². The van der Waals surface area contributed by atoms with Crippen molar-refractivity contribution in [2.24, 2.45) is 0 Å². The van der Waals surface area contributed by atoms with Crippen molar-refractivity contribution in [3.63, 3.8) is 0 Å². The first-order valence-electron chi connectivity index (χ1n) is 4.93. The van der Waals surface area contributed by atoms with Gasteiger partial charge in [0.25, 0.3) is 11.8 Å². The number of carbonyl (C=O) groups is 2. The van der Waals surface area contributed by atoms with Gasteiger partial charge in [0.15, 0.2) is 0 Å². The number of benzene rings is 1. The zero-order valence-corrected chi connectivity index (χ0v) is 8.59. The van der Waals surface area contributed by atoms with Crippen LogP contribution >= 0.6 is 0 Å². The molecule has 1 N–H and O–H groups in total. The topological polar surface area (TPSA) is 57.6 Å². The molecule has 1 heterocycles. The molecule has 1 aromatic carbocycles. The fraction of sp³-hybridized carbons (Fsp3) is 0.167. The Kier molecular flexibility index (Phi) is 2.83. The summed E-state index contributed by atoms with van der Waals surface area (Å²) in [5, 5.41) is 8.84. The number of aliphatic hydroxyl groups is 1. The van der Waals surface area contributed by atoms with E-state index in [0.717, 1.165) is 10.5 Å². The highest BCUT2D eigenvalue weighted by atomic mass is 16.3. The van der Waals surface area contributed by atoms with Crippen molar-refractivity contribution in [1.29, 1.82) is 0 Å². The molecule has 1 aliphatic rings. The maximum Gasteiger partial charge on any atom is 0.259 e. The van der Waals surface area contributed by atoms with Gasteiger partial charge in [0.2, 0.25) is 0 Å². The Bertz CT molecular complexity index is 451. The molecule has 0 atom stereocenters. The van der Waals surface area contributed by atoms with Gasteiger partial charge in [-0.2, -0.15) is 0 Å². The second-order valence-corrected chi connectivity index (χ2v) is 3.54. The summed E-state index contributed by atoms with van der Waals surface area (Å²) in [5.74, 6) is -0.852. The second-order valence-electron chi connectivity index (χ2n) is 3.54. The molecule has 1 aromatic rings. The lowest BCUT2D eigenvalue weighted by Gasteiger charge is -2.10. The van der Waals surface area contributed by atoms with Crippen molar-refractivity contribution in [2.75, 3.05) is 6.73 Å². The van der Waals surface area contributed by atoms with Crippen LogP contribution < -0.4 is 0 Å². The first-order valence-corrected chi connectivity index (χ1v) is 4.93. The third-order valence-electron chi connectivity index (χ3n) is 2.46. The smallest absolute Gasteiger partial charge is 0.259 e. The molecule has 2 amide bonds. The second kappa shape index (κ2) is 4.28. The van der Waals surface area contributed by atoms with Crippen molar-refractivity contribution in [3.05, 3.63) is 47.5 Å². The molecule has 4 heteroatoms. The zero-order valence-electron chi connectivity index (χ0n) is 8.59. The monoisotopic (exact) mass is 217 g/mol. The molecule has 0 saturated heterocycles. The average molecular weight is 217 g/mol. The van der Waals surface area contributed by atoms with E-state index in [9.17, 15) is 9.59 Å². The number of amides is 2. The summed E-state index contributed by atoms with van der Waals surface area (Å²) < 4.78 is 0. The van der Waals surface area contributed by atoms with Gasteiger partial charge >= 0.3 is 0 Å². The molecule has 82 valence electrons. The Morgan fingerprint density at radius 2 is 1.81 bits per heavy atom. The van der Waals surface area contributed by atoms with E-state index in [2.05, 4.69) is 0 Å². The van der Waals surface area contributed by atoms with Crippen LogP contribution in [0.15, 0.2) is 42.0 Å². The number of imide groups is 1. The fourth-order valence-corrected chi connectivity index (χ4v) is 1.64. The summed E-state index contributed by atoms with van der Waals surface area (Å²) in [5.41, 5.74) is 1.39. The highest BCUT2D eigenvalue weighted by Gasteiger charge is 2.29. The van der Waals surface area contributed by atoms with Crippen LogP contribution in [-0.4, -0.2) is 28.6 Å². The minimum absolute atomic E-state index is 0.406. The third-order valence-corrected chi connectivity index (χ3v) is 2.46. The standard InChI is InChI=1S/C12H11NO3/c14-8-13-11(15)7-10(12(13)16)6-9-4-2-1-3-5-9/h1-5,7,14H,6,8H2. The Morgan fingerprint density at radius 1 is 1.12 bits per heavy atom. The summed E-state index contributed by atoms with van der Waals surface area (Å²) in [7, 11) is 0. The van der Waals surface area contributed by atoms with E-state index < -0.39 is 18.5 Å². The van der Waals surface area contributed by atoms with E-state index in [4.69, 9.17) is 5.11 Å². The van der Waals surface area contributed by atoms with E-state index in [1.54, 1.807) is 0 Å². The quantitative estimate of drug-likeness (QED) is 0.749. The summed E-state index contributed by atoms with van der Waals surface area (Å²) in [4.78, 5) is 23.7. The lowest BCUT2D eigenvalue weighted by Crippen LogP contribution is -2.32. The highest BCUT2D eigenvalue weighted by molar-refractivity contribution is 6.16. The van der Waals surface area contributed by atoms with E-state index in [0.29, 0.717) is 12.0 Å². The van der Waals surface area contributed by atoms with Crippen LogP contribution in [-0.2, 0) is 16.0 Å². The SMILES string of the molecule is O=C1C=C(Cc2ccccc2)C(=O)N1CO. The number of carbonyl (C=O) groups excluding carboxylic acids is 2. The molecule has 0 saturated carbocycles. The molecule has 16 heavy (non-hydrogen) atoms. The first-order chi connectivity index (χ1) is 7.72. The van der Waals surface area contributed by atoms with Crippen LogP contribution in [0.2, 0.25) is 0 Å². The van der Waals surface area contributed by atoms with Crippen LogP contribution in [0.4, 0.5) is 0 Å². The van der Waals surface area contributed by atoms with Crippen LogP contribution in [0.5, 0.6) is 0 Å². The van der Waals surface area contributed by atoms with Crippen LogP contribution in [0, 0.1) is 0 Å². The fourth-order valence-electron chi connectivity index (χ4n) is 1.64. The molecule has 0 spiro atoms. The number of hydrogen-bond acceptors (Lipinski definition) is 3. The van der Waals surface area contributed by atoms with Gasteiger partial charge in [0, 0.05) is 18.1 Å². The van der Waals surface area contributed by atoms with Crippen LogP contribution in [0.3, 0.4) is 0 Å². The van der Waals surface area contributed by atoms with E-state index in [-0.39, 0.29) is 0 Å². The van der Waals surface area contributed by atoms with Crippen molar-refractivity contribution in [2.45, 2.75) is 6.42 Å². The lowest BCUT2D eigenvalue weighted by molar-refractivity contribution is -0.141. The molecular formula is C12H11NO3. The van der Waals surface area contributed by atoms with Gasteiger partial charge in [-0.1, -0.05) is 30.3 Å². The molecule has 0 unspecified atom stereocenters. The van der Waals surface area contributed by atoms with E-state index in [1.165, 1.54) is 6.08 Å². The summed E-state index contributed by atoms with van der Waals surface area (Å²) in [6.07, 6.45) is 1.70. The van der Waals surface area contributed by atoms with E-state index in [1.807, 2.05) is 30.3 Å². The van der Waals surface area contributed by atoms with Gasteiger partial charge in [0.05, 0.1) is 0 Å². The third kappa shape index (κ3) is 1.87. The van der Waals surface area contributed by atoms with Gasteiger partial charge in [-0.3, -0.25) is 14.5 Å². The number of nitrogens with zero attached hydrogens (tertiary/aromatic N) is 1. The largest absolute Gasteiger partial charge is 0.376 e. The predicted molar refractivity (Wildman–Crippen MR) is 57.2 cm³/mol. The number of hydrogen-bond donors (Lipinski definition) is 1. The molecule has 4 nitrogen and oxygen atoms in total. The molecule has 0 aromatic heterocycles. The molecule has 2 rings (SSSR count). The summed E-state index contributed by atoms with van der Waals surface area (Å²) in [6.45, 7) is -0.563. The van der Waals surface area contributed by atoms with Gasteiger partial charge in [-0.05, 0) is 5.56 Å². The van der Waals surface area contributed by atoms with Gasteiger partial charge in [-0.25, -0.2) is 0 Å². The summed E-state index contributed by atoms with van der Waals surface area (Å²) >= 11 is 0. The molecule has 0 fully saturated rings. The predicted octanol–water partition coefficient (Wildman–Crippen LogP) is 0.474. The van der Waals surface area contributed by atoms with Gasteiger partial charge in [0.1, 0.15) is 6.73 Å². The first kappa shape index (κ1) is 10.6. The van der Waals surface area contributed by atoms with Crippen molar-refractivity contribution < 1.29 is 14.7 Å². The maximum absolute atomic E-state index is 11.6. The Labute approximate surface area is 92.8 Å². The van der Waals surface area contributed by atoms with E-state index >= 15 is 0 Å². The van der Waals surface area contributed by atoms with Crippen molar-refractivity contribution >= 4 is 11.8 Å². The van der Waals surface area contributed by atoms with Crippen LogP contribution in [0.25, 0.3) is 0 Å². The average Bonchev–Trinajstić information content (AvgIpc) is 2.55. The molecule has 1 aliphatic heterocycles. The van der Waals surface area contributed by atoms with Crippen LogP contribution in [0.1, 0.15) is 5.56 Å². The van der Waals surface area contributed by atoms with Gasteiger partial charge in [-0.15, -0.1) is 0 Å². The maximum atomic E-state index is 11.6. The molecule has 0 aliphatic carbocycles. The number of rotatable bonds is 3. The molecular weight excluding hydrogens is 206 g/mol. The van der Waals surface area contributed by atoms with Crippen molar-refractivity contribution in [3.8, 4) is 0 Å². The molecule has 0 bridgehead atoms. The summed E-state index contributed by atoms with van der Waals surface area (Å²) in [6, 6.07) is 9.42. The number of aliphatic hydroxyl groups excluding tert-OH is 1. The Hall–Kier alpha value is -1.94. The Balaban J connectivity index is 2.16. The zero-order chi connectivity index (χ0) is 11.5.